The molecule has 8 aromatic rings. The molecule has 49 heavy (non-hydrogen) atoms. The molecular weight excluding hydrogens is 784 g/mol. The van der Waals surface area contributed by atoms with Gasteiger partial charge in [0.25, 0.3) is 0 Å². The zero-order chi connectivity index (χ0) is 32.8. The zero-order valence-electron chi connectivity index (χ0n) is 27.3. The van der Waals surface area contributed by atoms with Gasteiger partial charge in [0.05, 0.1) is 16.9 Å². The summed E-state index contributed by atoms with van der Waals surface area (Å²) in [5, 5.41) is 11.9. The maximum absolute atomic E-state index is 10.8. The summed E-state index contributed by atoms with van der Waals surface area (Å²) in [6.07, 6.45) is 5.49. The van der Waals surface area contributed by atoms with Crippen molar-refractivity contribution in [1.82, 2.24) is 19.5 Å². The van der Waals surface area contributed by atoms with Crippen molar-refractivity contribution in [2.45, 2.75) is 26.2 Å². The Hall–Kier alpha value is -5.38. The quantitative estimate of drug-likeness (QED) is 0.176. The molecule has 1 N–H and O–H groups in total. The Morgan fingerprint density at radius 2 is 1.39 bits per heavy atom. The molecule has 0 aliphatic rings. The van der Waals surface area contributed by atoms with E-state index in [0.29, 0.717) is 5.82 Å². The van der Waals surface area contributed by atoms with E-state index in [-0.39, 0.29) is 32.2 Å². The first kappa shape index (κ1) is 32.2. The van der Waals surface area contributed by atoms with Crippen molar-refractivity contribution in [2.24, 2.45) is 0 Å². The predicted octanol–water partition coefficient (Wildman–Crippen LogP) is 10.4. The molecule has 8 rings (SSSR count). The summed E-state index contributed by atoms with van der Waals surface area (Å²) >= 11 is 0. The summed E-state index contributed by atoms with van der Waals surface area (Å²) in [7, 11) is 0. The molecule has 0 atom stereocenters. The smallest absolute Gasteiger partial charge is 0.123 e. The SMILES string of the molecule is CC(C)(C)c1ccc(-n2c(-c3[c-]c(-c4cc(-c5ccccc5)cc5cccnc45)cnc3)nc3c(-c4ccccc4O)cccc32)cc1.[Pt]. The Kier molecular flexibility index (Phi) is 8.48. The van der Waals surface area contributed by atoms with E-state index in [1.54, 1.807) is 6.07 Å². The number of para-hydroxylation sites is 2. The Labute approximate surface area is 300 Å². The summed E-state index contributed by atoms with van der Waals surface area (Å²) in [6, 6.07) is 44.6. The van der Waals surface area contributed by atoms with Gasteiger partial charge in [0.1, 0.15) is 5.75 Å². The van der Waals surface area contributed by atoms with Gasteiger partial charge in [-0.1, -0.05) is 122 Å². The molecule has 0 aliphatic heterocycles. The number of hydrogen-bond acceptors (Lipinski definition) is 4. The van der Waals surface area contributed by atoms with Gasteiger partial charge in [0, 0.05) is 49.6 Å². The Bertz CT molecular complexity index is 2440. The van der Waals surface area contributed by atoms with Crippen LogP contribution in [0, 0.1) is 6.07 Å². The Morgan fingerprint density at radius 3 is 2.16 bits per heavy atom. The van der Waals surface area contributed by atoms with E-state index >= 15 is 0 Å². The number of aromatic nitrogens is 4. The Balaban J connectivity index is 0.00000378. The molecule has 0 saturated heterocycles. The van der Waals surface area contributed by atoms with Gasteiger partial charge in [-0.15, -0.1) is 6.07 Å². The molecule has 5 nitrogen and oxygen atoms in total. The van der Waals surface area contributed by atoms with E-state index in [4.69, 9.17) is 15.0 Å². The van der Waals surface area contributed by atoms with Crippen LogP contribution in [0.4, 0.5) is 0 Å². The van der Waals surface area contributed by atoms with Crippen LogP contribution >= 0.6 is 0 Å². The number of phenols is 1. The summed E-state index contributed by atoms with van der Waals surface area (Å²) in [6.45, 7) is 6.66. The first-order chi connectivity index (χ1) is 23.3. The van der Waals surface area contributed by atoms with Gasteiger partial charge < -0.3 is 14.7 Å². The predicted molar refractivity (Wildman–Crippen MR) is 195 cm³/mol. The van der Waals surface area contributed by atoms with Gasteiger partial charge >= 0.3 is 0 Å². The fourth-order valence-electron chi connectivity index (χ4n) is 6.41. The molecule has 0 aliphatic carbocycles. The van der Waals surface area contributed by atoms with E-state index in [0.717, 1.165) is 66.6 Å². The maximum atomic E-state index is 10.8. The molecule has 0 saturated carbocycles. The van der Waals surface area contributed by atoms with Gasteiger partial charge in [-0.05, 0) is 76.3 Å². The van der Waals surface area contributed by atoms with E-state index in [9.17, 15) is 5.11 Å². The summed E-state index contributed by atoms with van der Waals surface area (Å²) < 4.78 is 2.17. The second-order valence-corrected chi connectivity index (χ2v) is 13.1. The van der Waals surface area contributed by atoms with Crippen molar-refractivity contribution in [2.75, 3.05) is 0 Å². The molecule has 242 valence electrons. The maximum Gasteiger partial charge on any atom is 0.123 e. The van der Waals surface area contributed by atoms with Crippen molar-refractivity contribution in [3.63, 3.8) is 0 Å². The van der Waals surface area contributed by atoms with Crippen molar-refractivity contribution in [3.05, 3.63) is 152 Å². The number of fused-ring (bicyclic) bond motifs is 2. The fraction of sp³-hybridized carbons (Fsp3) is 0.0930. The molecule has 6 heteroatoms. The van der Waals surface area contributed by atoms with E-state index in [1.807, 2.05) is 61.1 Å². The van der Waals surface area contributed by atoms with Crippen molar-refractivity contribution in [3.8, 4) is 56.2 Å². The van der Waals surface area contributed by atoms with Crippen molar-refractivity contribution in [1.29, 1.82) is 0 Å². The van der Waals surface area contributed by atoms with Crippen LogP contribution in [0.3, 0.4) is 0 Å². The molecule has 0 amide bonds. The van der Waals surface area contributed by atoms with Crippen LogP contribution in [0.1, 0.15) is 26.3 Å². The summed E-state index contributed by atoms with van der Waals surface area (Å²) in [4.78, 5) is 14.8. The number of rotatable bonds is 5. The minimum Gasteiger partial charge on any atom is -0.507 e. The van der Waals surface area contributed by atoms with Crippen LogP contribution in [0.5, 0.6) is 5.75 Å². The van der Waals surface area contributed by atoms with Crippen molar-refractivity contribution < 1.29 is 26.2 Å². The first-order valence-corrected chi connectivity index (χ1v) is 16.1. The van der Waals surface area contributed by atoms with Gasteiger partial charge in [-0.25, -0.2) is 0 Å². The number of aromatic hydroxyl groups is 1. The molecule has 0 radical (unpaired) electrons. The minimum atomic E-state index is 0. The van der Waals surface area contributed by atoms with Crippen LogP contribution in [0.2, 0.25) is 0 Å². The number of benzene rings is 5. The minimum absolute atomic E-state index is 0. The van der Waals surface area contributed by atoms with Gasteiger partial charge in [-0.2, -0.15) is 0 Å². The molecular formula is C43H33N4OPt-. The van der Waals surface area contributed by atoms with Gasteiger partial charge in [0.15, 0.2) is 0 Å². The third kappa shape index (κ3) is 5.96. The van der Waals surface area contributed by atoms with Crippen LogP contribution in [-0.4, -0.2) is 24.6 Å². The summed E-state index contributed by atoms with van der Waals surface area (Å²) in [5.74, 6) is 0.922. The third-order valence-electron chi connectivity index (χ3n) is 8.89. The van der Waals surface area contributed by atoms with E-state index < -0.39 is 0 Å². The molecule has 0 fully saturated rings. The third-order valence-corrected chi connectivity index (χ3v) is 8.89. The second-order valence-electron chi connectivity index (χ2n) is 13.1. The van der Waals surface area contributed by atoms with E-state index in [2.05, 4.69) is 104 Å². The number of phenolic OH excluding ortho intramolecular Hbond substituents is 1. The second kappa shape index (κ2) is 12.9. The van der Waals surface area contributed by atoms with Crippen LogP contribution in [-0.2, 0) is 26.5 Å². The first-order valence-electron chi connectivity index (χ1n) is 16.1. The summed E-state index contributed by atoms with van der Waals surface area (Å²) in [5.41, 5.74) is 11.2. The van der Waals surface area contributed by atoms with Crippen LogP contribution in [0.15, 0.2) is 140 Å². The van der Waals surface area contributed by atoms with Crippen LogP contribution in [0.25, 0.3) is 72.4 Å². The van der Waals surface area contributed by atoms with Crippen molar-refractivity contribution >= 4 is 21.9 Å². The standard InChI is InChI=1S/C43H33N4O.Pt/c1-43(2,3)33-18-20-34(21-19-33)47-38-16-9-15-36(35-14-7-8-17-39(35)48)41(38)46-42(47)32-24-31(26-44-27-32)37-25-30(28-11-5-4-6-12-28)23-29-13-10-22-45-40(29)37;/h4-23,25-27,48H,1-3H3;/q-1;. The Morgan fingerprint density at radius 1 is 0.653 bits per heavy atom. The molecule has 0 bridgehead atoms. The monoisotopic (exact) mass is 816 g/mol. The molecule has 5 aromatic carbocycles. The largest absolute Gasteiger partial charge is 0.507 e. The topological polar surface area (TPSA) is 63.8 Å². The van der Waals surface area contributed by atoms with Gasteiger partial charge in [-0.3, -0.25) is 9.97 Å². The number of nitrogens with zero attached hydrogens (tertiary/aromatic N) is 4. The molecule has 0 spiro atoms. The number of imidazole rings is 1. The fourth-order valence-corrected chi connectivity index (χ4v) is 6.41. The molecule has 3 aromatic heterocycles. The zero-order valence-corrected chi connectivity index (χ0v) is 29.6. The normalized spacial score (nSPS) is 11.5. The average Bonchev–Trinajstić information content (AvgIpc) is 3.52. The molecule has 0 unspecified atom stereocenters. The molecule has 3 heterocycles. The van der Waals surface area contributed by atoms with Crippen LogP contribution < -0.4 is 0 Å². The average molecular weight is 817 g/mol. The number of hydrogen-bond donors (Lipinski definition) is 1. The van der Waals surface area contributed by atoms with E-state index in [1.165, 1.54) is 5.56 Å². The number of pyridine rings is 2. The van der Waals surface area contributed by atoms with Gasteiger partial charge in [0.2, 0.25) is 0 Å².